The molecular formula is C17H10ClF3O4. The molecule has 1 aliphatic rings. The second-order valence-electron chi connectivity index (χ2n) is 5.15. The molecule has 0 unspecified atom stereocenters. The van der Waals surface area contributed by atoms with E-state index in [1.54, 1.807) is 30.3 Å². The Hall–Kier alpha value is -2.67. The molecule has 4 nitrogen and oxygen atoms in total. The lowest BCUT2D eigenvalue weighted by atomic mass is 10.0. The van der Waals surface area contributed by atoms with Gasteiger partial charge in [-0.25, -0.2) is 4.79 Å². The number of carboxylic acid groups (broad SMARTS) is 1. The summed E-state index contributed by atoms with van der Waals surface area (Å²) < 4.78 is 49.8. The van der Waals surface area contributed by atoms with E-state index in [0.717, 1.165) is 6.08 Å². The monoisotopic (exact) mass is 370 g/mol. The van der Waals surface area contributed by atoms with Crippen molar-refractivity contribution in [2.45, 2.75) is 12.3 Å². The van der Waals surface area contributed by atoms with E-state index in [4.69, 9.17) is 26.2 Å². The van der Waals surface area contributed by atoms with Gasteiger partial charge in [-0.1, -0.05) is 29.8 Å². The molecule has 1 heterocycles. The molecule has 0 fully saturated rings. The minimum absolute atomic E-state index is 0.0183. The number of hydrogen-bond donors (Lipinski definition) is 1. The van der Waals surface area contributed by atoms with Gasteiger partial charge in [0.2, 0.25) is 6.10 Å². The molecule has 130 valence electrons. The molecule has 3 rings (SSSR count). The average molecular weight is 371 g/mol. The maximum atomic E-state index is 13.1. The fraction of sp³-hybridized carbons (Fsp3) is 0.118. The number of ether oxygens (including phenoxy) is 2. The van der Waals surface area contributed by atoms with E-state index in [9.17, 15) is 18.0 Å². The van der Waals surface area contributed by atoms with Gasteiger partial charge in [0.1, 0.15) is 11.5 Å². The summed E-state index contributed by atoms with van der Waals surface area (Å²) in [5.74, 6) is -1.49. The molecule has 8 heteroatoms. The van der Waals surface area contributed by atoms with Crippen LogP contribution in [-0.4, -0.2) is 23.4 Å². The zero-order chi connectivity index (χ0) is 18.2. The topological polar surface area (TPSA) is 55.8 Å². The number of alkyl halides is 3. The van der Waals surface area contributed by atoms with Crippen LogP contribution < -0.4 is 9.47 Å². The lowest BCUT2D eigenvalue weighted by Gasteiger charge is -2.28. The van der Waals surface area contributed by atoms with Crippen LogP contribution in [0, 0.1) is 0 Å². The zero-order valence-corrected chi connectivity index (χ0v) is 13.1. The number of carboxylic acids is 1. The van der Waals surface area contributed by atoms with Crippen LogP contribution in [0.5, 0.6) is 17.2 Å². The van der Waals surface area contributed by atoms with Crippen LogP contribution in [0.4, 0.5) is 13.2 Å². The SMILES string of the molecule is O=C(O)C1=Cc2c(ccc(Cl)c2Oc2ccccc2)O[C@@H]1C(F)(F)F. The Kier molecular flexibility index (Phi) is 4.34. The Balaban J connectivity index is 2.11. The van der Waals surface area contributed by atoms with Crippen molar-refractivity contribution in [2.75, 3.05) is 0 Å². The van der Waals surface area contributed by atoms with Crippen LogP contribution in [0.15, 0.2) is 48.0 Å². The minimum atomic E-state index is -4.87. The maximum absolute atomic E-state index is 13.1. The first kappa shape index (κ1) is 17.2. The summed E-state index contributed by atoms with van der Waals surface area (Å²) in [6.07, 6.45) is -6.56. The summed E-state index contributed by atoms with van der Waals surface area (Å²) in [7, 11) is 0. The quantitative estimate of drug-likeness (QED) is 0.833. The highest BCUT2D eigenvalue weighted by atomic mass is 35.5. The predicted octanol–water partition coefficient (Wildman–Crippen LogP) is 4.92. The van der Waals surface area contributed by atoms with Crippen molar-refractivity contribution in [2.24, 2.45) is 0 Å². The summed E-state index contributed by atoms with van der Waals surface area (Å²) in [6.45, 7) is 0. The Morgan fingerprint density at radius 2 is 1.84 bits per heavy atom. The molecule has 0 aromatic heterocycles. The fourth-order valence-corrected chi connectivity index (χ4v) is 2.55. The van der Waals surface area contributed by atoms with Gasteiger partial charge in [0.05, 0.1) is 16.2 Å². The first-order chi connectivity index (χ1) is 11.8. The van der Waals surface area contributed by atoms with Gasteiger partial charge >= 0.3 is 12.1 Å². The fourth-order valence-electron chi connectivity index (χ4n) is 2.34. The zero-order valence-electron chi connectivity index (χ0n) is 12.4. The van der Waals surface area contributed by atoms with Gasteiger partial charge in [-0.05, 0) is 30.3 Å². The van der Waals surface area contributed by atoms with Crippen LogP contribution in [0.2, 0.25) is 5.02 Å². The Labute approximate surface area is 145 Å². The molecule has 2 aromatic carbocycles. The van der Waals surface area contributed by atoms with Gasteiger partial charge in [0.15, 0.2) is 5.75 Å². The normalized spacial score (nSPS) is 16.5. The summed E-state index contributed by atoms with van der Waals surface area (Å²) in [6, 6.07) is 11.0. The van der Waals surface area contributed by atoms with Gasteiger partial charge in [-0.15, -0.1) is 0 Å². The van der Waals surface area contributed by atoms with E-state index in [2.05, 4.69) is 0 Å². The molecule has 0 amide bonds. The summed E-state index contributed by atoms with van der Waals surface area (Å²) in [5.41, 5.74) is -0.908. The van der Waals surface area contributed by atoms with Crippen molar-refractivity contribution in [3.8, 4) is 17.2 Å². The molecule has 0 spiro atoms. The number of benzene rings is 2. The number of rotatable bonds is 3. The third-order valence-electron chi connectivity index (χ3n) is 3.44. The number of aliphatic carboxylic acids is 1. The number of hydrogen-bond acceptors (Lipinski definition) is 3. The highest BCUT2D eigenvalue weighted by Crippen LogP contribution is 2.45. The first-order valence-corrected chi connectivity index (χ1v) is 7.39. The van der Waals surface area contributed by atoms with Gasteiger partial charge in [-0.3, -0.25) is 0 Å². The van der Waals surface area contributed by atoms with Crippen molar-refractivity contribution < 1.29 is 32.5 Å². The number of para-hydroxylation sites is 1. The van der Waals surface area contributed by atoms with Crippen LogP contribution in [0.3, 0.4) is 0 Å². The molecule has 25 heavy (non-hydrogen) atoms. The molecule has 0 saturated carbocycles. The van der Waals surface area contributed by atoms with Crippen molar-refractivity contribution in [1.82, 2.24) is 0 Å². The molecule has 2 aromatic rings. The molecular weight excluding hydrogens is 361 g/mol. The van der Waals surface area contributed by atoms with E-state index in [1.807, 2.05) is 0 Å². The Morgan fingerprint density at radius 3 is 2.44 bits per heavy atom. The molecule has 0 saturated heterocycles. The highest BCUT2D eigenvalue weighted by Gasteiger charge is 2.48. The lowest BCUT2D eigenvalue weighted by Crippen LogP contribution is -2.40. The van der Waals surface area contributed by atoms with Crippen LogP contribution in [0.1, 0.15) is 5.56 Å². The summed E-state index contributed by atoms with van der Waals surface area (Å²) in [5, 5.41) is 9.23. The third kappa shape index (κ3) is 3.41. The first-order valence-electron chi connectivity index (χ1n) is 7.01. The van der Waals surface area contributed by atoms with Gasteiger partial charge in [0.25, 0.3) is 0 Å². The van der Waals surface area contributed by atoms with Crippen LogP contribution in [0.25, 0.3) is 6.08 Å². The van der Waals surface area contributed by atoms with Crippen molar-refractivity contribution in [3.63, 3.8) is 0 Å². The van der Waals surface area contributed by atoms with Crippen LogP contribution in [-0.2, 0) is 4.79 Å². The molecule has 1 atom stereocenters. The van der Waals surface area contributed by atoms with Gasteiger partial charge < -0.3 is 14.6 Å². The smallest absolute Gasteiger partial charge is 0.430 e. The molecule has 1 aliphatic heterocycles. The number of halogens is 4. The van der Waals surface area contributed by atoms with E-state index in [1.165, 1.54) is 12.1 Å². The third-order valence-corrected chi connectivity index (χ3v) is 3.74. The maximum Gasteiger partial charge on any atom is 0.430 e. The largest absolute Gasteiger partial charge is 0.478 e. The lowest BCUT2D eigenvalue weighted by molar-refractivity contribution is -0.187. The minimum Gasteiger partial charge on any atom is -0.478 e. The van der Waals surface area contributed by atoms with E-state index in [0.29, 0.717) is 5.75 Å². The average Bonchev–Trinajstić information content (AvgIpc) is 2.56. The summed E-state index contributed by atoms with van der Waals surface area (Å²) >= 11 is 6.09. The van der Waals surface area contributed by atoms with Crippen molar-refractivity contribution >= 4 is 23.6 Å². The Bertz CT molecular complexity index is 847. The number of fused-ring (bicyclic) bond motifs is 1. The van der Waals surface area contributed by atoms with Crippen molar-refractivity contribution in [3.05, 3.63) is 58.6 Å². The van der Waals surface area contributed by atoms with Gasteiger partial charge in [-0.2, -0.15) is 13.2 Å². The van der Waals surface area contributed by atoms with E-state index >= 15 is 0 Å². The molecule has 0 aliphatic carbocycles. The van der Waals surface area contributed by atoms with Crippen LogP contribution >= 0.6 is 11.6 Å². The molecule has 0 bridgehead atoms. The van der Waals surface area contributed by atoms with E-state index < -0.39 is 23.8 Å². The highest BCUT2D eigenvalue weighted by molar-refractivity contribution is 6.32. The second-order valence-corrected chi connectivity index (χ2v) is 5.55. The second kappa shape index (κ2) is 6.33. The van der Waals surface area contributed by atoms with Crippen molar-refractivity contribution in [1.29, 1.82) is 0 Å². The molecule has 1 N–H and O–H groups in total. The standard InChI is InChI=1S/C17H10ClF3O4/c18-12-6-7-13-10(14(12)24-9-4-2-1-3-5-9)8-11(16(22)23)15(25-13)17(19,20)21/h1-8,15H,(H,22,23)/t15-/m0/s1. The van der Waals surface area contributed by atoms with E-state index in [-0.39, 0.29) is 22.1 Å². The van der Waals surface area contributed by atoms with Gasteiger partial charge in [0, 0.05) is 0 Å². The summed E-state index contributed by atoms with van der Waals surface area (Å²) in [4.78, 5) is 11.3. The predicted molar refractivity (Wildman–Crippen MR) is 84.1 cm³/mol. The number of carbonyl (C=O) groups is 1. The molecule has 0 radical (unpaired) electrons. The Morgan fingerprint density at radius 1 is 1.16 bits per heavy atom.